The van der Waals surface area contributed by atoms with Crippen molar-refractivity contribution in [2.24, 2.45) is 7.05 Å². The average Bonchev–Trinajstić information content (AvgIpc) is 3.32. The Morgan fingerprint density at radius 3 is 2.38 bits per heavy atom. The maximum atomic E-state index is 13.5. The van der Waals surface area contributed by atoms with Crippen molar-refractivity contribution in [1.29, 1.82) is 0 Å². The van der Waals surface area contributed by atoms with Crippen LogP contribution in [0, 0.1) is 27.7 Å². The molecule has 0 atom stereocenters. The molecule has 7 nitrogen and oxygen atoms in total. The Bertz CT molecular complexity index is 1510. The molecule has 0 unspecified atom stereocenters. The van der Waals surface area contributed by atoms with Gasteiger partial charge < -0.3 is 9.47 Å². The van der Waals surface area contributed by atoms with Crippen LogP contribution >= 0.6 is 0 Å². The second-order valence-electron chi connectivity index (χ2n) is 8.84. The van der Waals surface area contributed by atoms with Crippen LogP contribution in [0.1, 0.15) is 27.8 Å². The van der Waals surface area contributed by atoms with Crippen LogP contribution in [0.5, 0.6) is 0 Å². The van der Waals surface area contributed by atoms with Gasteiger partial charge in [0.25, 0.3) is 5.56 Å². The van der Waals surface area contributed by atoms with Crippen molar-refractivity contribution in [3.05, 3.63) is 85.1 Å². The quantitative estimate of drug-likeness (QED) is 0.501. The molecule has 7 heteroatoms. The number of aromatic nitrogens is 4. The smallest absolute Gasteiger partial charge is 0.310 e. The first-order valence-electron chi connectivity index (χ1n) is 10.9. The van der Waals surface area contributed by atoms with E-state index in [2.05, 4.69) is 36.9 Å². The molecule has 3 heterocycles. The Labute approximate surface area is 186 Å². The molecule has 0 saturated carbocycles. The van der Waals surface area contributed by atoms with E-state index < -0.39 is 0 Å². The highest BCUT2D eigenvalue weighted by molar-refractivity contribution is 5.78. The van der Waals surface area contributed by atoms with Crippen LogP contribution in [-0.4, -0.2) is 25.2 Å². The lowest BCUT2D eigenvalue weighted by atomic mass is 10.1. The number of rotatable bonds is 3. The number of hydrogen-bond acceptors (Lipinski definition) is 4. The fourth-order valence-electron chi connectivity index (χ4n) is 4.69. The fraction of sp³-hybridized carbons (Fsp3) is 0.320. The largest absolute Gasteiger partial charge is 0.332 e. The molecular formula is C25H27N5O2. The summed E-state index contributed by atoms with van der Waals surface area (Å²) in [5.41, 5.74) is 6.86. The fourth-order valence-corrected chi connectivity index (χ4v) is 4.69. The van der Waals surface area contributed by atoms with E-state index in [9.17, 15) is 9.59 Å². The Hall–Kier alpha value is -3.61. The van der Waals surface area contributed by atoms with Gasteiger partial charge >= 0.3 is 5.69 Å². The standard InChI is InChI=1S/C25H27N5O2/c1-15-7-9-20(18(4)12-15)28-10-11-29-21-22(26-24(28)29)27(5)25(32)30(23(21)31)14-19-13-16(2)6-8-17(19)3/h6-9,12-13H,10-11,14H2,1-5H3. The van der Waals surface area contributed by atoms with Crippen LogP contribution in [0.15, 0.2) is 46.0 Å². The Morgan fingerprint density at radius 1 is 0.906 bits per heavy atom. The molecule has 0 aliphatic carbocycles. The summed E-state index contributed by atoms with van der Waals surface area (Å²) in [5.74, 6) is 0.712. The van der Waals surface area contributed by atoms with Gasteiger partial charge in [0.1, 0.15) is 0 Å². The van der Waals surface area contributed by atoms with E-state index in [4.69, 9.17) is 4.98 Å². The molecule has 0 fully saturated rings. The lowest BCUT2D eigenvalue weighted by molar-refractivity contribution is 0.650. The van der Waals surface area contributed by atoms with Crippen molar-refractivity contribution >= 4 is 22.8 Å². The minimum absolute atomic E-state index is 0.246. The third-order valence-corrected chi connectivity index (χ3v) is 6.48. The number of imidazole rings is 1. The van der Waals surface area contributed by atoms with Crippen molar-refractivity contribution in [3.63, 3.8) is 0 Å². The van der Waals surface area contributed by atoms with Crippen LogP contribution in [0.2, 0.25) is 0 Å². The monoisotopic (exact) mass is 429 g/mol. The van der Waals surface area contributed by atoms with Crippen molar-refractivity contribution < 1.29 is 0 Å². The van der Waals surface area contributed by atoms with E-state index in [-0.39, 0.29) is 17.8 Å². The van der Waals surface area contributed by atoms with E-state index in [0.29, 0.717) is 23.7 Å². The number of aryl methyl sites for hydroxylation is 5. The zero-order valence-corrected chi connectivity index (χ0v) is 19.1. The summed E-state index contributed by atoms with van der Waals surface area (Å²) in [7, 11) is 1.69. The first-order chi connectivity index (χ1) is 15.3. The van der Waals surface area contributed by atoms with Crippen LogP contribution in [0.4, 0.5) is 11.6 Å². The summed E-state index contributed by atoms with van der Waals surface area (Å²) in [6.07, 6.45) is 0. The Balaban J connectivity index is 1.69. The van der Waals surface area contributed by atoms with E-state index in [0.717, 1.165) is 34.5 Å². The van der Waals surface area contributed by atoms with Gasteiger partial charge in [-0.05, 0) is 50.5 Å². The normalized spacial score (nSPS) is 13.2. The molecule has 5 rings (SSSR count). The van der Waals surface area contributed by atoms with Gasteiger partial charge in [-0.3, -0.25) is 13.9 Å². The molecule has 0 N–H and O–H groups in total. The van der Waals surface area contributed by atoms with Crippen molar-refractivity contribution in [2.75, 3.05) is 11.4 Å². The maximum absolute atomic E-state index is 13.5. The van der Waals surface area contributed by atoms with Crippen molar-refractivity contribution in [2.45, 2.75) is 40.8 Å². The van der Waals surface area contributed by atoms with Gasteiger partial charge in [-0.25, -0.2) is 4.79 Å². The zero-order chi connectivity index (χ0) is 22.7. The molecule has 0 spiro atoms. The van der Waals surface area contributed by atoms with Gasteiger partial charge in [0, 0.05) is 25.8 Å². The average molecular weight is 430 g/mol. The minimum atomic E-state index is -0.349. The molecule has 4 aromatic rings. The van der Waals surface area contributed by atoms with Crippen molar-refractivity contribution in [1.82, 2.24) is 18.7 Å². The molecule has 1 aliphatic heterocycles. The third-order valence-electron chi connectivity index (χ3n) is 6.48. The molecule has 0 amide bonds. The van der Waals surface area contributed by atoms with Crippen LogP contribution in [-0.2, 0) is 20.1 Å². The van der Waals surface area contributed by atoms with Crippen LogP contribution in [0.3, 0.4) is 0 Å². The van der Waals surface area contributed by atoms with Crippen LogP contribution in [0.25, 0.3) is 11.2 Å². The Morgan fingerprint density at radius 2 is 1.62 bits per heavy atom. The molecule has 0 bridgehead atoms. The summed E-state index contributed by atoms with van der Waals surface area (Å²) >= 11 is 0. The summed E-state index contributed by atoms with van der Waals surface area (Å²) in [6, 6.07) is 12.4. The molecular weight excluding hydrogens is 402 g/mol. The van der Waals surface area contributed by atoms with E-state index in [1.165, 1.54) is 14.7 Å². The number of benzene rings is 2. The predicted octanol–water partition coefficient (Wildman–Crippen LogP) is 3.33. The molecule has 1 aliphatic rings. The zero-order valence-electron chi connectivity index (χ0n) is 19.1. The van der Waals surface area contributed by atoms with Gasteiger partial charge in [-0.2, -0.15) is 4.98 Å². The summed E-state index contributed by atoms with van der Waals surface area (Å²) in [5, 5.41) is 0. The van der Waals surface area contributed by atoms with Gasteiger partial charge in [0.2, 0.25) is 5.95 Å². The summed E-state index contributed by atoms with van der Waals surface area (Å²) < 4.78 is 4.78. The summed E-state index contributed by atoms with van der Waals surface area (Å²) in [6.45, 7) is 9.80. The highest BCUT2D eigenvalue weighted by atomic mass is 16.2. The second kappa shape index (κ2) is 7.22. The topological polar surface area (TPSA) is 65.1 Å². The third kappa shape index (κ3) is 2.99. The molecule has 0 saturated heterocycles. The molecule has 2 aromatic heterocycles. The predicted molar refractivity (Wildman–Crippen MR) is 127 cm³/mol. The highest BCUT2D eigenvalue weighted by Gasteiger charge is 2.29. The van der Waals surface area contributed by atoms with Gasteiger partial charge in [-0.1, -0.05) is 41.5 Å². The van der Waals surface area contributed by atoms with E-state index in [1.54, 1.807) is 7.05 Å². The lowest BCUT2D eigenvalue weighted by Crippen LogP contribution is -2.40. The first kappa shape index (κ1) is 20.3. The van der Waals surface area contributed by atoms with E-state index in [1.807, 2.05) is 36.6 Å². The number of fused-ring (bicyclic) bond motifs is 3. The lowest BCUT2D eigenvalue weighted by Gasteiger charge is -2.19. The first-order valence-corrected chi connectivity index (χ1v) is 10.9. The summed E-state index contributed by atoms with van der Waals surface area (Å²) in [4.78, 5) is 33.6. The van der Waals surface area contributed by atoms with E-state index >= 15 is 0 Å². The molecule has 2 aromatic carbocycles. The van der Waals surface area contributed by atoms with Crippen LogP contribution < -0.4 is 16.1 Å². The maximum Gasteiger partial charge on any atom is 0.332 e. The highest BCUT2D eigenvalue weighted by Crippen LogP contribution is 2.33. The van der Waals surface area contributed by atoms with Gasteiger partial charge in [-0.15, -0.1) is 0 Å². The SMILES string of the molecule is Cc1ccc(N2CCn3c2nc2c3c(=O)n(Cc3cc(C)ccc3C)c(=O)n2C)c(C)c1. The molecule has 164 valence electrons. The Kier molecular flexibility index (Phi) is 4.58. The van der Waals surface area contributed by atoms with Gasteiger partial charge in [0.15, 0.2) is 11.2 Å². The molecule has 0 radical (unpaired) electrons. The molecule has 32 heavy (non-hydrogen) atoms. The van der Waals surface area contributed by atoms with Crippen molar-refractivity contribution in [3.8, 4) is 0 Å². The number of anilines is 2. The second-order valence-corrected chi connectivity index (χ2v) is 8.84. The van der Waals surface area contributed by atoms with Gasteiger partial charge in [0.05, 0.1) is 6.54 Å². The number of hydrogen-bond donors (Lipinski definition) is 0. The minimum Gasteiger partial charge on any atom is -0.310 e. The number of nitrogens with zero attached hydrogens (tertiary/aromatic N) is 5.